The lowest BCUT2D eigenvalue weighted by atomic mass is 9.89. The zero-order valence-corrected chi connectivity index (χ0v) is 12.7. The predicted octanol–water partition coefficient (Wildman–Crippen LogP) is 5.45. The van der Waals surface area contributed by atoms with Crippen molar-refractivity contribution in [1.29, 1.82) is 0 Å². The standard InChI is InChI=1S/C21H19N/c1-2-20(17-9-5-3-6-10-17)21(18-11-7-4-8-12-18)19-13-15-22-16-14-19/h3-16H,2H2,1H3/b21-20+. The summed E-state index contributed by atoms with van der Waals surface area (Å²) in [4.78, 5) is 4.16. The second-order valence-corrected chi connectivity index (χ2v) is 5.18. The lowest BCUT2D eigenvalue weighted by Gasteiger charge is -2.16. The Balaban J connectivity index is 2.27. The van der Waals surface area contributed by atoms with Gasteiger partial charge in [-0.2, -0.15) is 0 Å². The lowest BCUT2D eigenvalue weighted by Crippen LogP contribution is -1.95. The van der Waals surface area contributed by atoms with Gasteiger partial charge in [-0.15, -0.1) is 0 Å². The number of rotatable bonds is 4. The Morgan fingerprint density at radius 2 is 1.18 bits per heavy atom. The highest BCUT2D eigenvalue weighted by molar-refractivity contribution is 5.98. The fraction of sp³-hybridized carbons (Fsp3) is 0.0952. The van der Waals surface area contributed by atoms with Crippen LogP contribution in [-0.4, -0.2) is 4.98 Å². The Hall–Kier alpha value is -2.67. The molecule has 0 amide bonds. The summed E-state index contributed by atoms with van der Waals surface area (Å²) in [6, 6.07) is 25.4. The van der Waals surface area contributed by atoms with Gasteiger partial charge in [-0.1, -0.05) is 67.6 Å². The minimum Gasteiger partial charge on any atom is -0.265 e. The number of hydrogen-bond donors (Lipinski definition) is 0. The van der Waals surface area contributed by atoms with Crippen molar-refractivity contribution < 1.29 is 0 Å². The molecule has 1 nitrogen and oxygen atoms in total. The fourth-order valence-electron chi connectivity index (χ4n) is 2.80. The van der Waals surface area contributed by atoms with E-state index in [4.69, 9.17) is 0 Å². The summed E-state index contributed by atoms with van der Waals surface area (Å²) in [5, 5.41) is 0. The van der Waals surface area contributed by atoms with E-state index in [0.29, 0.717) is 0 Å². The van der Waals surface area contributed by atoms with E-state index in [-0.39, 0.29) is 0 Å². The van der Waals surface area contributed by atoms with Crippen LogP contribution in [0.2, 0.25) is 0 Å². The molecule has 0 aliphatic heterocycles. The molecule has 0 N–H and O–H groups in total. The number of benzene rings is 2. The molecule has 0 spiro atoms. The molecule has 3 aromatic rings. The molecule has 22 heavy (non-hydrogen) atoms. The van der Waals surface area contributed by atoms with E-state index in [9.17, 15) is 0 Å². The fourth-order valence-corrected chi connectivity index (χ4v) is 2.80. The maximum Gasteiger partial charge on any atom is 0.0273 e. The summed E-state index contributed by atoms with van der Waals surface area (Å²) >= 11 is 0. The number of pyridine rings is 1. The van der Waals surface area contributed by atoms with E-state index in [1.165, 1.54) is 27.8 Å². The minimum atomic E-state index is 0.983. The zero-order valence-electron chi connectivity index (χ0n) is 12.7. The van der Waals surface area contributed by atoms with Gasteiger partial charge in [0.2, 0.25) is 0 Å². The van der Waals surface area contributed by atoms with Gasteiger partial charge in [-0.25, -0.2) is 0 Å². The number of aromatic nitrogens is 1. The molecule has 1 aromatic heterocycles. The van der Waals surface area contributed by atoms with Crippen LogP contribution in [0.1, 0.15) is 30.0 Å². The Bertz CT molecular complexity index is 702. The molecule has 0 saturated heterocycles. The second-order valence-electron chi connectivity index (χ2n) is 5.18. The third-order valence-electron chi connectivity index (χ3n) is 3.81. The monoisotopic (exact) mass is 285 g/mol. The van der Waals surface area contributed by atoms with Gasteiger partial charge in [-0.3, -0.25) is 4.98 Å². The van der Waals surface area contributed by atoms with E-state index >= 15 is 0 Å². The predicted molar refractivity (Wildman–Crippen MR) is 93.3 cm³/mol. The lowest BCUT2D eigenvalue weighted by molar-refractivity contribution is 1.23. The SMILES string of the molecule is CC/C(=C(/c1ccccc1)c1ccncc1)c1ccccc1. The first-order valence-corrected chi connectivity index (χ1v) is 7.64. The normalized spacial score (nSPS) is 11.9. The topological polar surface area (TPSA) is 12.9 Å². The minimum absolute atomic E-state index is 0.983. The third-order valence-corrected chi connectivity index (χ3v) is 3.81. The number of nitrogens with zero attached hydrogens (tertiary/aromatic N) is 1. The van der Waals surface area contributed by atoms with Gasteiger partial charge in [0.25, 0.3) is 0 Å². The van der Waals surface area contributed by atoms with Crippen LogP contribution >= 0.6 is 0 Å². The molecular formula is C21H19N. The number of allylic oxidation sites excluding steroid dienone is 1. The molecule has 0 fully saturated rings. The summed E-state index contributed by atoms with van der Waals surface area (Å²) in [5.74, 6) is 0. The third kappa shape index (κ3) is 2.99. The Labute approximate surface area is 132 Å². The summed E-state index contributed by atoms with van der Waals surface area (Å²) in [6.45, 7) is 2.21. The largest absolute Gasteiger partial charge is 0.265 e. The van der Waals surface area contributed by atoms with Crippen molar-refractivity contribution >= 4 is 11.1 Å². The van der Waals surface area contributed by atoms with Gasteiger partial charge in [0.05, 0.1) is 0 Å². The van der Waals surface area contributed by atoms with Crippen molar-refractivity contribution in [3.05, 3.63) is 102 Å². The van der Waals surface area contributed by atoms with Crippen molar-refractivity contribution in [2.45, 2.75) is 13.3 Å². The molecule has 2 aromatic carbocycles. The van der Waals surface area contributed by atoms with Crippen molar-refractivity contribution in [2.24, 2.45) is 0 Å². The highest BCUT2D eigenvalue weighted by Gasteiger charge is 2.12. The molecule has 0 atom stereocenters. The first-order chi connectivity index (χ1) is 10.9. The van der Waals surface area contributed by atoms with E-state index < -0.39 is 0 Å². The second kappa shape index (κ2) is 6.86. The average Bonchev–Trinajstić information content (AvgIpc) is 2.62. The van der Waals surface area contributed by atoms with Crippen LogP contribution in [0.25, 0.3) is 11.1 Å². The highest BCUT2D eigenvalue weighted by atomic mass is 14.6. The summed E-state index contributed by atoms with van der Waals surface area (Å²) in [5.41, 5.74) is 6.38. The van der Waals surface area contributed by atoms with Gasteiger partial charge in [0, 0.05) is 12.4 Å². The summed E-state index contributed by atoms with van der Waals surface area (Å²) < 4.78 is 0. The van der Waals surface area contributed by atoms with Crippen molar-refractivity contribution in [2.75, 3.05) is 0 Å². The zero-order chi connectivity index (χ0) is 15.2. The maximum absolute atomic E-state index is 4.16. The summed E-state index contributed by atoms with van der Waals surface area (Å²) in [6.07, 6.45) is 4.70. The van der Waals surface area contributed by atoms with Crippen molar-refractivity contribution in [3.63, 3.8) is 0 Å². The molecule has 1 heteroatoms. The number of hydrogen-bond acceptors (Lipinski definition) is 1. The molecule has 3 rings (SSSR count). The first kappa shape index (κ1) is 14.3. The van der Waals surface area contributed by atoms with E-state index in [2.05, 4.69) is 84.7 Å². The van der Waals surface area contributed by atoms with Crippen LogP contribution in [-0.2, 0) is 0 Å². The maximum atomic E-state index is 4.16. The van der Waals surface area contributed by atoms with E-state index in [0.717, 1.165) is 6.42 Å². The molecule has 0 aliphatic carbocycles. The Kier molecular flexibility index (Phi) is 4.45. The van der Waals surface area contributed by atoms with Gasteiger partial charge in [0.1, 0.15) is 0 Å². The van der Waals surface area contributed by atoms with E-state index in [1.54, 1.807) is 0 Å². The van der Waals surface area contributed by atoms with Crippen LogP contribution in [0.5, 0.6) is 0 Å². The van der Waals surface area contributed by atoms with Crippen LogP contribution in [0.15, 0.2) is 85.2 Å². The smallest absolute Gasteiger partial charge is 0.0273 e. The van der Waals surface area contributed by atoms with Crippen molar-refractivity contribution in [3.8, 4) is 0 Å². The molecule has 1 heterocycles. The van der Waals surface area contributed by atoms with Crippen molar-refractivity contribution in [1.82, 2.24) is 4.98 Å². The molecule has 108 valence electrons. The van der Waals surface area contributed by atoms with Crippen LogP contribution < -0.4 is 0 Å². The quantitative estimate of drug-likeness (QED) is 0.581. The average molecular weight is 285 g/mol. The molecular weight excluding hydrogens is 266 g/mol. The Morgan fingerprint density at radius 1 is 0.682 bits per heavy atom. The van der Waals surface area contributed by atoms with Gasteiger partial charge in [-0.05, 0) is 46.4 Å². The molecule has 0 radical (unpaired) electrons. The molecule has 0 saturated carbocycles. The van der Waals surface area contributed by atoms with Gasteiger partial charge < -0.3 is 0 Å². The van der Waals surface area contributed by atoms with Crippen LogP contribution in [0.3, 0.4) is 0 Å². The van der Waals surface area contributed by atoms with Crippen LogP contribution in [0.4, 0.5) is 0 Å². The van der Waals surface area contributed by atoms with Gasteiger partial charge in [0.15, 0.2) is 0 Å². The highest BCUT2D eigenvalue weighted by Crippen LogP contribution is 2.33. The summed E-state index contributed by atoms with van der Waals surface area (Å²) in [7, 11) is 0. The molecule has 0 unspecified atom stereocenters. The molecule has 0 aliphatic rings. The Morgan fingerprint density at radius 3 is 1.73 bits per heavy atom. The first-order valence-electron chi connectivity index (χ1n) is 7.64. The van der Waals surface area contributed by atoms with Gasteiger partial charge >= 0.3 is 0 Å². The molecule has 0 bridgehead atoms. The van der Waals surface area contributed by atoms with E-state index in [1.807, 2.05) is 12.4 Å². The van der Waals surface area contributed by atoms with Crippen LogP contribution in [0, 0.1) is 0 Å².